The number of hydrogen-bond acceptors (Lipinski definition) is 4. The second kappa shape index (κ2) is 4.18. The Bertz CT molecular complexity index is 519. The molecule has 0 aliphatic carbocycles. The fourth-order valence-corrected chi connectivity index (χ4v) is 1.85. The van der Waals surface area contributed by atoms with E-state index in [1.807, 2.05) is 23.7 Å². The first-order valence-corrected chi connectivity index (χ1v) is 5.61. The van der Waals surface area contributed by atoms with Crippen LogP contribution in [0.1, 0.15) is 0 Å². The number of aryl methyl sites for hydroxylation is 1. The molecule has 1 aromatic heterocycles. The third-order valence-electron chi connectivity index (χ3n) is 2.84. The Hall–Kier alpha value is -1.88. The Labute approximate surface area is 99.4 Å². The van der Waals surface area contributed by atoms with Crippen molar-refractivity contribution in [2.45, 2.75) is 6.04 Å². The molecule has 17 heavy (non-hydrogen) atoms. The van der Waals surface area contributed by atoms with Crippen LogP contribution in [0.25, 0.3) is 11.4 Å². The maximum Gasteiger partial charge on any atom is 0.163 e. The Kier molecular flexibility index (Phi) is 2.53. The topological polar surface area (TPSA) is 52.0 Å². The van der Waals surface area contributed by atoms with E-state index in [1.54, 1.807) is 6.33 Å². The lowest BCUT2D eigenvalue weighted by atomic mass is 10.1. The van der Waals surface area contributed by atoms with Gasteiger partial charge in [0.05, 0.1) is 19.3 Å². The summed E-state index contributed by atoms with van der Waals surface area (Å²) >= 11 is 0. The molecule has 2 heterocycles. The number of nitrogens with one attached hydrogen (secondary N) is 1. The molecular formula is C12H14N4O. The summed E-state index contributed by atoms with van der Waals surface area (Å²) in [6.07, 6.45) is 1.70. The van der Waals surface area contributed by atoms with Crippen molar-refractivity contribution in [3.63, 3.8) is 0 Å². The molecule has 0 bridgehead atoms. The van der Waals surface area contributed by atoms with E-state index >= 15 is 0 Å². The molecule has 0 unspecified atom stereocenters. The minimum absolute atomic E-state index is 0.435. The van der Waals surface area contributed by atoms with Crippen LogP contribution in [0.5, 0.6) is 0 Å². The van der Waals surface area contributed by atoms with Crippen LogP contribution in [0.15, 0.2) is 30.6 Å². The lowest BCUT2D eigenvalue weighted by Gasteiger charge is -2.27. The first kappa shape index (κ1) is 10.3. The van der Waals surface area contributed by atoms with Crippen LogP contribution in [0.4, 0.5) is 5.69 Å². The van der Waals surface area contributed by atoms with Crippen molar-refractivity contribution >= 4 is 5.69 Å². The maximum absolute atomic E-state index is 5.14. The number of rotatable bonds is 3. The Morgan fingerprint density at radius 1 is 1.41 bits per heavy atom. The summed E-state index contributed by atoms with van der Waals surface area (Å²) in [6, 6.07) is 8.63. The van der Waals surface area contributed by atoms with Gasteiger partial charge >= 0.3 is 0 Å². The fraction of sp³-hybridized carbons (Fsp3) is 0.333. The number of benzene rings is 1. The van der Waals surface area contributed by atoms with Crippen LogP contribution in [-0.2, 0) is 11.8 Å². The smallest absolute Gasteiger partial charge is 0.163 e. The Morgan fingerprint density at radius 3 is 2.94 bits per heavy atom. The summed E-state index contributed by atoms with van der Waals surface area (Å²) in [5.41, 5.74) is 2.16. The van der Waals surface area contributed by atoms with Crippen LogP contribution in [0, 0.1) is 0 Å². The van der Waals surface area contributed by atoms with Crippen molar-refractivity contribution < 1.29 is 4.74 Å². The van der Waals surface area contributed by atoms with E-state index in [0.29, 0.717) is 6.04 Å². The van der Waals surface area contributed by atoms with Crippen LogP contribution in [0.2, 0.25) is 0 Å². The summed E-state index contributed by atoms with van der Waals surface area (Å²) < 4.78 is 7.05. The van der Waals surface area contributed by atoms with E-state index in [0.717, 1.165) is 30.3 Å². The quantitative estimate of drug-likeness (QED) is 0.863. The third-order valence-corrected chi connectivity index (χ3v) is 2.84. The highest BCUT2D eigenvalue weighted by Crippen LogP contribution is 2.21. The monoisotopic (exact) mass is 230 g/mol. The van der Waals surface area contributed by atoms with Crippen LogP contribution in [-0.4, -0.2) is 34.0 Å². The van der Waals surface area contributed by atoms with Gasteiger partial charge in [0.1, 0.15) is 6.33 Å². The summed E-state index contributed by atoms with van der Waals surface area (Å²) in [7, 11) is 1.94. The second-order valence-corrected chi connectivity index (χ2v) is 4.22. The molecule has 1 aliphatic rings. The summed E-state index contributed by atoms with van der Waals surface area (Å²) in [5, 5.41) is 11.4. The highest BCUT2D eigenvalue weighted by atomic mass is 16.5. The van der Waals surface area contributed by atoms with Gasteiger partial charge < -0.3 is 14.6 Å². The molecule has 0 amide bonds. The Morgan fingerprint density at radius 2 is 2.29 bits per heavy atom. The molecule has 1 aromatic carbocycles. The van der Waals surface area contributed by atoms with Gasteiger partial charge in [0.2, 0.25) is 0 Å². The molecule has 1 N–H and O–H groups in total. The first-order valence-electron chi connectivity index (χ1n) is 5.61. The van der Waals surface area contributed by atoms with Crippen molar-refractivity contribution in [1.82, 2.24) is 14.8 Å². The van der Waals surface area contributed by atoms with Crippen molar-refractivity contribution in [3.05, 3.63) is 30.6 Å². The predicted octanol–water partition coefficient (Wildman–Crippen LogP) is 1.29. The lowest BCUT2D eigenvalue weighted by molar-refractivity contribution is 0.0211. The zero-order valence-electron chi connectivity index (χ0n) is 9.63. The van der Waals surface area contributed by atoms with E-state index in [-0.39, 0.29) is 0 Å². The molecule has 88 valence electrons. The number of ether oxygens (including phenoxy) is 1. The molecule has 5 nitrogen and oxygen atoms in total. The van der Waals surface area contributed by atoms with Gasteiger partial charge in [0.25, 0.3) is 0 Å². The molecule has 2 aromatic rings. The van der Waals surface area contributed by atoms with E-state index in [2.05, 4.69) is 27.6 Å². The molecule has 1 fully saturated rings. The van der Waals surface area contributed by atoms with E-state index < -0.39 is 0 Å². The number of hydrogen-bond donors (Lipinski definition) is 1. The molecule has 0 atom stereocenters. The highest BCUT2D eigenvalue weighted by Gasteiger charge is 2.17. The molecule has 1 aliphatic heterocycles. The van der Waals surface area contributed by atoms with E-state index in [9.17, 15) is 0 Å². The van der Waals surface area contributed by atoms with E-state index in [1.165, 1.54) is 0 Å². The van der Waals surface area contributed by atoms with Crippen LogP contribution >= 0.6 is 0 Å². The van der Waals surface area contributed by atoms with Crippen LogP contribution < -0.4 is 5.32 Å². The van der Waals surface area contributed by atoms with Gasteiger partial charge in [0, 0.05) is 18.3 Å². The van der Waals surface area contributed by atoms with Crippen molar-refractivity contribution in [2.75, 3.05) is 18.5 Å². The Balaban J connectivity index is 1.85. The highest BCUT2D eigenvalue weighted by molar-refractivity contribution is 5.62. The van der Waals surface area contributed by atoms with Gasteiger partial charge in [-0.1, -0.05) is 12.1 Å². The molecule has 0 spiro atoms. The largest absolute Gasteiger partial charge is 0.378 e. The molecule has 1 saturated heterocycles. The lowest BCUT2D eigenvalue weighted by Crippen LogP contribution is -2.40. The van der Waals surface area contributed by atoms with Crippen molar-refractivity contribution in [2.24, 2.45) is 7.05 Å². The summed E-state index contributed by atoms with van der Waals surface area (Å²) in [4.78, 5) is 0. The van der Waals surface area contributed by atoms with Gasteiger partial charge in [-0.2, -0.15) is 0 Å². The average molecular weight is 230 g/mol. The molecule has 0 radical (unpaired) electrons. The molecular weight excluding hydrogens is 216 g/mol. The van der Waals surface area contributed by atoms with Gasteiger partial charge in [-0.3, -0.25) is 0 Å². The molecule has 0 saturated carbocycles. The van der Waals surface area contributed by atoms with E-state index in [4.69, 9.17) is 4.74 Å². The van der Waals surface area contributed by atoms with Gasteiger partial charge in [-0.05, 0) is 12.1 Å². The van der Waals surface area contributed by atoms with Crippen molar-refractivity contribution in [1.29, 1.82) is 0 Å². The third kappa shape index (κ3) is 2.01. The van der Waals surface area contributed by atoms with Crippen LogP contribution in [0.3, 0.4) is 0 Å². The minimum Gasteiger partial charge on any atom is -0.378 e. The fourth-order valence-electron chi connectivity index (χ4n) is 1.85. The predicted molar refractivity (Wildman–Crippen MR) is 64.7 cm³/mol. The van der Waals surface area contributed by atoms with Gasteiger partial charge in [-0.15, -0.1) is 10.2 Å². The zero-order chi connectivity index (χ0) is 11.7. The first-order chi connectivity index (χ1) is 8.33. The SMILES string of the molecule is Cn1cnnc1-c1cccc(NC2COC2)c1. The summed E-state index contributed by atoms with van der Waals surface area (Å²) in [5.74, 6) is 0.874. The van der Waals surface area contributed by atoms with Crippen molar-refractivity contribution in [3.8, 4) is 11.4 Å². The number of anilines is 1. The van der Waals surface area contributed by atoms with Gasteiger partial charge in [-0.25, -0.2) is 0 Å². The van der Waals surface area contributed by atoms with Gasteiger partial charge in [0.15, 0.2) is 5.82 Å². The minimum atomic E-state index is 0.435. The number of nitrogens with zero attached hydrogens (tertiary/aromatic N) is 3. The zero-order valence-corrected chi connectivity index (χ0v) is 9.63. The summed E-state index contributed by atoms with van der Waals surface area (Å²) in [6.45, 7) is 1.57. The standard InChI is InChI=1S/C12H14N4O/c1-16-8-13-15-12(16)9-3-2-4-10(5-9)14-11-6-17-7-11/h2-5,8,11,14H,6-7H2,1H3. The number of aromatic nitrogens is 3. The second-order valence-electron chi connectivity index (χ2n) is 4.22. The normalized spacial score (nSPS) is 15.6. The molecule has 3 rings (SSSR count). The molecule has 5 heteroatoms. The average Bonchev–Trinajstić information content (AvgIpc) is 2.71. The maximum atomic E-state index is 5.14.